The average molecular weight is 256 g/mol. The quantitative estimate of drug-likeness (QED) is 0.875. The molecule has 0 bridgehead atoms. The number of rotatable bonds is 2. The zero-order valence-electron chi connectivity index (χ0n) is 12.3. The van der Waals surface area contributed by atoms with Gasteiger partial charge >= 0.3 is 0 Å². The van der Waals surface area contributed by atoms with E-state index in [-0.39, 0.29) is 5.41 Å². The summed E-state index contributed by atoms with van der Waals surface area (Å²) in [7, 11) is 2.16. The van der Waals surface area contributed by atoms with Gasteiger partial charge in [0.05, 0.1) is 0 Å². The van der Waals surface area contributed by atoms with Crippen molar-refractivity contribution >= 4 is 10.9 Å². The van der Waals surface area contributed by atoms with E-state index in [1.807, 2.05) is 0 Å². The van der Waals surface area contributed by atoms with Gasteiger partial charge in [-0.2, -0.15) is 0 Å². The minimum atomic E-state index is 0.222. The summed E-state index contributed by atoms with van der Waals surface area (Å²) in [5.74, 6) is 0. The van der Waals surface area contributed by atoms with E-state index in [0.29, 0.717) is 0 Å². The molecule has 0 atom stereocenters. The molecule has 1 fully saturated rings. The van der Waals surface area contributed by atoms with Crippen molar-refractivity contribution in [3.05, 3.63) is 35.0 Å². The Balaban J connectivity index is 2.30. The fourth-order valence-corrected chi connectivity index (χ4v) is 3.94. The molecular weight excluding hydrogens is 232 g/mol. The Morgan fingerprint density at radius 3 is 2.53 bits per heavy atom. The highest BCUT2D eigenvalue weighted by molar-refractivity contribution is 5.89. The number of hydrogen-bond acceptors (Lipinski definition) is 1. The van der Waals surface area contributed by atoms with Crippen molar-refractivity contribution in [2.45, 2.75) is 44.9 Å². The van der Waals surface area contributed by atoms with E-state index in [1.54, 1.807) is 0 Å². The Morgan fingerprint density at radius 1 is 1.21 bits per heavy atom. The second-order valence-corrected chi connectivity index (χ2v) is 6.32. The predicted molar refractivity (Wildman–Crippen MR) is 81.6 cm³/mol. The van der Waals surface area contributed by atoms with Crippen molar-refractivity contribution < 1.29 is 0 Å². The molecule has 1 aromatic heterocycles. The lowest BCUT2D eigenvalue weighted by Gasteiger charge is -2.27. The molecule has 2 nitrogen and oxygen atoms in total. The van der Waals surface area contributed by atoms with Crippen LogP contribution < -0.4 is 5.73 Å². The SMILES string of the molecule is Cc1cc(C)c2c(C3(CN)CCCC3)cn(C)c2c1. The molecule has 102 valence electrons. The summed E-state index contributed by atoms with van der Waals surface area (Å²) in [5.41, 5.74) is 12.0. The first-order valence-electron chi connectivity index (χ1n) is 7.34. The van der Waals surface area contributed by atoms with Crippen LogP contribution in [0, 0.1) is 13.8 Å². The van der Waals surface area contributed by atoms with Crippen molar-refractivity contribution in [1.82, 2.24) is 4.57 Å². The third-order valence-electron chi connectivity index (χ3n) is 4.95. The highest BCUT2D eigenvalue weighted by atomic mass is 14.9. The molecule has 1 aliphatic carbocycles. The first-order chi connectivity index (χ1) is 9.07. The number of aryl methyl sites for hydroxylation is 3. The summed E-state index contributed by atoms with van der Waals surface area (Å²) in [5, 5.41) is 1.44. The summed E-state index contributed by atoms with van der Waals surface area (Å²) < 4.78 is 2.28. The monoisotopic (exact) mass is 256 g/mol. The smallest absolute Gasteiger partial charge is 0.0486 e. The lowest BCUT2D eigenvalue weighted by Crippen LogP contribution is -2.31. The van der Waals surface area contributed by atoms with Gasteiger partial charge in [0.1, 0.15) is 0 Å². The van der Waals surface area contributed by atoms with Crippen LogP contribution in [0.5, 0.6) is 0 Å². The van der Waals surface area contributed by atoms with E-state index in [9.17, 15) is 0 Å². The normalized spacial score (nSPS) is 18.3. The van der Waals surface area contributed by atoms with Gasteiger partial charge in [-0.05, 0) is 49.4 Å². The first kappa shape index (κ1) is 12.7. The van der Waals surface area contributed by atoms with Crippen LogP contribution in [0.2, 0.25) is 0 Å². The van der Waals surface area contributed by atoms with Crippen molar-refractivity contribution in [2.75, 3.05) is 6.54 Å². The van der Waals surface area contributed by atoms with E-state index in [2.05, 4.69) is 43.8 Å². The van der Waals surface area contributed by atoms with Gasteiger partial charge in [-0.1, -0.05) is 18.9 Å². The molecule has 2 aromatic rings. The molecule has 0 unspecified atom stereocenters. The van der Waals surface area contributed by atoms with Gasteiger partial charge in [-0.25, -0.2) is 0 Å². The maximum atomic E-state index is 6.17. The summed E-state index contributed by atoms with van der Waals surface area (Å²) >= 11 is 0. The highest BCUT2D eigenvalue weighted by Gasteiger charge is 2.36. The number of hydrogen-bond donors (Lipinski definition) is 1. The van der Waals surface area contributed by atoms with E-state index in [4.69, 9.17) is 5.73 Å². The Kier molecular flexibility index (Phi) is 2.94. The third kappa shape index (κ3) is 1.81. The number of benzene rings is 1. The van der Waals surface area contributed by atoms with Gasteiger partial charge in [0.15, 0.2) is 0 Å². The molecule has 3 rings (SSSR count). The van der Waals surface area contributed by atoms with Crippen LogP contribution in [0.15, 0.2) is 18.3 Å². The fraction of sp³-hybridized carbons (Fsp3) is 0.529. The molecule has 0 saturated heterocycles. The van der Waals surface area contributed by atoms with Crippen molar-refractivity contribution in [3.8, 4) is 0 Å². The fourth-order valence-electron chi connectivity index (χ4n) is 3.94. The Hall–Kier alpha value is -1.28. The van der Waals surface area contributed by atoms with Crippen LogP contribution in [-0.2, 0) is 12.5 Å². The number of nitrogens with zero attached hydrogens (tertiary/aromatic N) is 1. The summed E-state index contributed by atoms with van der Waals surface area (Å²) in [6, 6.07) is 4.59. The maximum absolute atomic E-state index is 6.17. The van der Waals surface area contributed by atoms with Gasteiger partial charge in [-0.3, -0.25) is 0 Å². The summed E-state index contributed by atoms with van der Waals surface area (Å²) in [6.07, 6.45) is 7.46. The summed E-state index contributed by atoms with van der Waals surface area (Å²) in [4.78, 5) is 0. The topological polar surface area (TPSA) is 30.9 Å². The van der Waals surface area contributed by atoms with Crippen LogP contribution >= 0.6 is 0 Å². The molecule has 0 amide bonds. The minimum absolute atomic E-state index is 0.222. The number of aromatic nitrogens is 1. The molecule has 2 heteroatoms. The van der Waals surface area contributed by atoms with Crippen LogP contribution in [0.1, 0.15) is 42.4 Å². The molecule has 0 spiro atoms. The van der Waals surface area contributed by atoms with E-state index in [0.717, 1.165) is 6.54 Å². The van der Waals surface area contributed by atoms with Crippen molar-refractivity contribution in [2.24, 2.45) is 12.8 Å². The first-order valence-corrected chi connectivity index (χ1v) is 7.34. The van der Waals surface area contributed by atoms with Gasteiger partial charge in [-0.15, -0.1) is 0 Å². The van der Waals surface area contributed by atoms with Crippen LogP contribution in [0.25, 0.3) is 10.9 Å². The van der Waals surface area contributed by atoms with E-state index < -0.39 is 0 Å². The van der Waals surface area contributed by atoms with Gasteiger partial charge in [0, 0.05) is 36.1 Å². The molecule has 19 heavy (non-hydrogen) atoms. The largest absolute Gasteiger partial charge is 0.350 e. The van der Waals surface area contributed by atoms with Crippen molar-refractivity contribution in [3.63, 3.8) is 0 Å². The lowest BCUT2D eigenvalue weighted by molar-refractivity contribution is 0.455. The van der Waals surface area contributed by atoms with Crippen LogP contribution in [-0.4, -0.2) is 11.1 Å². The zero-order chi connectivity index (χ0) is 13.6. The third-order valence-corrected chi connectivity index (χ3v) is 4.95. The van der Waals surface area contributed by atoms with Crippen LogP contribution in [0.4, 0.5) is 0 Å². The molecule has 0 radical (unpaired) electrons. The molecule has 2 N–H and O–H groups in total. The lowest BCUT2D eigenvalue weighted by atomic mass is 9.78. The Labute approximate surface area is 115 Å². The van der Waals surface area contributed by atoms with Gasteiger partial charge in [0.25, 0.3) is 0 Å². The van der Waals surface area contributed by atoms with Gasteiger partial charge < -0.3 is 10.3 Å². The molecule has 1 aliphatic rings. The second kappa shape index (κ2) is 4.38. The maximum Gasteiger partial charge on any atom is 0.0486 e. The molecular formula is C17H24N2. The standard InChI is InChI=1S/C17H24N2/c1-12-8-13(2)16-14(10-19(3)15(16)9-12)17(11-18)6-4-5-7-17/h8-10H,4-7,11,18H2,1-3H3. The average Bonchev–Trinajstić information content (AvgIpc) is 2.96. The zero-order valence-corrected chi connectivity index (χ0v) is 12.3. The molecule has 1 heterocycles. The molecule has 1 aromatic carbocycles. The van der Waals surface area contributed by atoms with E-state index in [1.165, 1.54) is 53.3 Å². The number of fused-ring (bicyclic) bond motifs is 1. The van der Waals surface area contributed by atoms with Crippen molar-refractivity contribution in [1.29, 1.82) is 0 Å². The van der Waals surface area contributed by atoms with E-state index >= 15 is 0 Å². The summed E-state index contributed by atoms with van der Waals surface area (Å²) in [6.45, 7) is 5.19. The van der Waals surface area contributed by atoms with Gasteiger partial charge in [0.2, 0.25) is 0 Å². The Bertz CT molecular complexity index is 616. The number of nitrogens with two attached hydrogens (primary N) is 1. The minimum Gasteiger partial charge on any atom is -0.350 e. The molecule has 0 aliphatic heterocycles. The highest BCUT2D eigenvalue weighted by Crippen LogP contribution is 2.44. The second-order valence-electron chi connectivity index (χ2n) is 6.32. The molecule has 1 saturated carbocycles. The van der Waals surface area contributed by atoms with Crippen LogP contribution in [0.3, 0.4) is 0 Å². The Morgan fingerprint density at radius 2 is 1.89 bits per heavy atom. The predicted octanol–water partition coefficient (Wildman–Crippen LogP) is 3.57.